The Kier molecular flexibility index (Phi) is 10.1. The molecule has 2 aromatic heterocycles. The van der Waals surface area contributed by atoms with Gasteiger partial charge in [-0.25, -0.2) is 13.9 Å². The van der Waals surface area contributed by atoms with Gasteiger partial charge >= 0.3 is 18.3 Å². The molecule has 1 unspecified atom stereocenters. The number of carbonyl (C=O) groups is 3. The lowest BCUT2D eigenvalue weighted by Crippen LogP contribution is -2.32. The highest BCUT2D eigenvalue weighted by atomic mass is 35.5. The van der Waals surface area contributed by atoms with Crippen LogP contribution in [0.4, 0.5) is 32.0 Å². The average Bonchev–Trinajstić information content (AvgIpc) is 3.36. The van der Waals surface area contributed by atoms with Gasteiger partial charge in [0.25, 0.3) is 11.8 Å². The van der Waals surface area contributed by atoms with Crippen LogP contribution in [-0.4, -0.2) is 60.9 Å². The lowest BCUT2D eigenvalue weighted by Gasteiger charge is -2.16. The van der Waals surface area contributed by atoms with Crippen LogP contribution in [0.2, 0.25) is 10.0 Å². The number of alkyl halides is 6. The van der Waals surface area contributed by atoms with Gasteiger partial charge in [0.05, 0.1) is 26.0 Å². The number of halogens is 8. The fraction of sp³-hybridized carbons (Fsp3) is 0.292. The van der Waals surface area contributed by atoms with Crippen molar-refractivity contribution in [1.82, 2.24) is 20.1 Å². The van der Waals surface area contributed by atoms with Gasteiger partial charge in [0.15, 0.2) is 11.5 Å². The zero-order valence-corrected chi connectivity index (χ0v) is 24.3. The standard InChI is InChI=1S/C24H20Cl2F6N6O4S/c1-3-43(42,37-22(41)24(30,31)32)8-7-34-20(39)14-10-13(25)9-12(2)18(14)35-21(40)16-11-17(23(27,28)29)36-38(16)19-15(26)5-4-6-33-19/h4-6,9-11H,3,7-8H2,1-2H3,(H,34,39)(H,35,40). The van der Waals surface area contributed by atoms with Crippen molar-refractivity contribution in [3.63, 3.8) is 0 Å². The second kappa shape index (κ2) is 12.9. The first-order valence-corrected chi connectivity index (χ1v) is 14.5. The summed E-state index contributed by atoms with van der Waals surface area (Å²) in [5.41, 5.74) is -2.35. The molecule has 1 atom stereocenters. The third-order valence-corrected chi connectivity index (χ3v) is 8.36. The summed E-state index contributed by atoms with van der Waals surface area (Å²) in [6.45, 7) is 2.18. The summed E-state index contributed by atoms with van der Waals surface area (Å²) >= 11 is 12.1. The van der Waals surface area contributed by atoms with Crippen LogP contribution < -0.4 is 10.6 Å². The average molecular weight is 673 g/mol. The predicted molar refractivity (Wildman–Crippen MR) is 145 cm³/mol. The van der Waals surface area contributed by atoms with Gasteiger partial charge in [-0.1, -0.05) is 30.1 Å². The monoisotopic (exact) mass is 672 g/mol. The van der Waals surface area contributed by atoms with Crippen LogP contribution in [0, 0.1) is 6.92 Å². The zero-order chi connectivity index (χ0) is 32.3. The first-order valence-electron chi connectivity index (χ1n) is 11.9. The third kappa shape index (κ3) is 8.23. The van der Waals surface area contributed by atoms with Crippen molar-refractivity contribution in [3.8, 4) is 5.82 Å². The molecule has 2 heterocycles. The largest absolute Gasteiger partial charge is 0.474 e. The number of aromatic nitrogens is 3. The van der Waals surface area contributed by atoms with Crippen molar-refractivity contribution in [2.45, 2.75) is 26.2 Å². The molecule has 1 aromatic carbocycles. The second-order valence-corrected chi connectivity index (χ2v) is 12.2. The Morgan fingerprint density at radius 1 is 1.07 bits per heavy atom. The van der Waals surface area contributed by atoms with E-state index >= 15 is 0 Å². The Morgan fingerprint density at radius 2 is 1.74 bits per heavy atom. The molecule has 0 saturated carbocycles. The number of amides is 3. The van der Waals surface area contributed by atoms with Crippen molar-refractivity contribution in [1.29, 1.82) is 0 Å². The van der Waals surface area contributed by atoms with Crippen LogP contribution in [0.1, 0.15) is 39.0 Å². The summed E-state index contributed by atoms with van der Waals surface area (Å²) in [6, 6.07) is 5.63. The van der Waals surface area contributed by atoms with E-state index in [9.17, 15) is 44.9 Å². The molecule has 232 valence electrons. The van der Waals surface area contributed by atoms with E-state index in [1.165, 1.54) is 38.2 Å². The number of pyridine rings is 1. The number of nitrogens with zero attached hydrogens (tertiary/aromatic N) is 4. The fourth-order valence-corrected chi connectivity index (χ4v) is 5.33. The molecule has 10 nitrogen and oxygen atoms in total. The Morgan fingerprint density at radius 3 is 2.33 bits per heavy atom. The Bertz CT molecular complexity index is 1700. The third-order valence-electron chi connectivity index (χ3n) is 5.60. The number of anilines is 1. The Balaban J connectivity index is 1.93. The molecule has 3 rings (SSSR count). The zero-order valence-electron chi connectivity index (χ0n) is 21.9. The Labute approximate surface area is 249 Å². The minimum absolute atomic E-state index is 0.0217. The van der Waals surface area contributed by atoms with Gasteiger partial charge in [0.2, 0.25) is 0 Å². The van der Waals surface area contributed by atoms with Gasteiger partial charge < -0.3 is 10.6 Å². The molecule has 43 heavy (non-hydrogen) atoms. The maximum atomic E-state index is 13.5. The van der Waals surface area contributed by atoms with Gasteiger partial charge in [-0.3, -0.25) is 14.4 Å². The number of hydrogen-bond acceptors (Lipinski definition) is 6. The van der Waals surface area contributed by atoms with Crippen molar-refractivity contribution >= 4 is 56.3 Å². The number of benzene rings is 1. The molecule has 0 aliphatic carbocycles. The molecule has 2 N–H and O–H groups in total. The number of aryl methyl sites for hydroxylation is 1. The molecule has 3 amide bonds. The predicted octanol–water partition coefficient (Wildman–Crippen LogP) is 5.46. The van der Waals surface area contributed by atoms with Gasteiger partial charge in [-0.15, -0.1) is 0 Å². The summed E-state index contributed by atoms with van der Waals surface area (Å²) < 4.78 is 94.2. The summed E-state index contributed by atoms with van der Waals surface area (Å²) in [6.07, 6.45) is -9.06. The Hall–Kier alpha value is -3.70. The SMILES string of the molecule is CCS(=O)(CCNC(=O)c1cc(Cl)cc(C)c1NC(=O)c1cc(C(F)(F)F)nn1-c1ncccc1Cl)=NC(=O)C(F)(F)F. The molecular weight excluding hydrogens is 653 g/mol. The van der Waals surface area contributed by atoms with Gasteiger partial charge in [0, 0.05) is 35.3 Å². The minimum Gasteiger partial charge on any atom is -0.351 e. The quantitative estimate of drug-likeness (QED) is 0.305. The number of nitrogens with one attached hydrogen (secondary N) is 2. The molecule has 3 aromatic rings. The fourth-order valence-electron chi connectivity index (χ4n) is 3.52. The van der Waals surface area contributed by atoms with E-state index in [2.05, 4.69) is 25.1 Å². The van der Waals surface area contributed by atoms with E-state index in [1.807, 2.05) is 0 Å². The first kappa shape index (κ1) is 33.8. The van der Waals surface area contributed by atoms with Crippen molar-refractivity contribution in [2.75, 3.05) is 23.4 Å². The van der Waals surface area contributed by atoms with Crippen molar-refractivity contribution < 1.29 is 44.9 Å². The highest BCUT2D eigenvalue weighted by Crippen LogP contribution is 2.32. The smallest absolute Gasteiger partial charge is 0.351 e. The normalized spacial score (nSPS) is 13.3. The van der Waals surface area contributed by atoms with Crippen LogP contribution >= 0.6 is 23.2 Å². The summed E-state index contributed by atoms with van der Waals surface area (Å²) in [5.74, 6) is -5.95. The van der Waals surface area contributed by atoms with E-state index in [0.717, 1.165) is 6.07 Å². The molecule has 0 aliphatic heterocycles. The van der Waals surface area contributed by atoms with E-state index in [4.69, 9.17) is 23.2 Å². The lowest BCUT2D eigenvalue weighted by molar-refractivity contribution is -0.169. The molecule has 0 spiro atoms. The maximum absolute atomic E-state index is 13.5. The number of hydrogen-bond donors (Lipinski definition) is 2. The van der Waals surface area contributed by atoms with Gasteiger partial charge in [-0.2, -0.15) is 35.8 Å². The molecule has 0 saturated heterocycles. The number of carbonyl (C=O) groups excluding carboxylic acids is 3. The maximum Gasteiger partial charge on any atom is 0.474 e. The highest BCUT2D eigenvalue weighted by Gasteiger charge is 2.40. The van der Waals surface area contributed by atoms with E-state index in [1.54, 1.807) is 0 Å². The summed E-state index contributed by atoms with van der Waals surface area (Å²) in [5, 5.41) is 7.99. The van der Waals surface area contributed by atoms with Crippen molar-refractivity contribution in [3.05, 3.63) is 69.1 Å². The van der Waals surface area contributed by atoms with E-state index in [-0.39, 0.29) is 32.7 Å². The molecule has 0 radical (unpaired) electrons. The van der Waals surface area contributed by atoms with E-state index in [0.29, 0.717) is 10.7 Å². The lowest BCUT2D eigenvalue weighted by atomic mass is 10.1. The van der Waals surface area contributed by atoms with Gasteiger partial charge in [-0.05, 0) is 36.8 Å². The second-order valence-electron chi connectivity index (χ2n) is 8.65. The molecular formula is C24H20Cl2F6N6O4S. The summed E-state index contributed by atoms with van der Waals surface area (Å²) in [7, 11) is -3.69. The van der Waals surface area contributed by atoms with Crippen molar-refractivity contribution in [2.24, 2.45) is 4.36 Å². The van der Waals surface area contributed by atoms with Gasteiger partial charge in [0.1, 0.15) is 5.69 Å². The van der Waals surface area contributed by atoms with Crippen LogP contribution in [0.5, 0.6) is 0 Å². The minimum atomic E-state index is -5.33. The van der Waals surface area contributed by atoms with Crippen LogP contribution in [0.15, 0.2) is 40.9 Å². The molecule has 0 fully saturated rings. The first-order chi connectivity index (χ1) is 19.9. The molecule has 0 bridgehead atoms. The van der Waals surface area contributed by atoms with Crippen LogP contribution in [0.25, 0.3) is 5.82 Å². The number of rotatable bonds is 8. The molecule has 0 aliphatic rings. The highest BCUT2D eigenvalue weighted by molar-refractivity contribution is 7.93. The topological polar surface area (TPSA) is 135 Å². The van der Waals surface area contributed by atoms with Crippen LogP contribution in [-0.2, 0) is 20.7 Å². The summed E-state index contributed by atoms with van der Waals surface area (Å²) in [4.78, 5) is 41.4. The molecule has 19 heteroatoms. The van der Waals surface area contributed by atoms with E-state index < -0.39 is 69.2 Å². The van der Waals surface area contributed by atoms with Crippen LogP contribution in [0.3, 0.4) is 0 Å².